The minimum atomic E-state index is -0.817. The molecule has 124 valence electrons. The summed E-state index contributed by atoms with van der Waals surface area (Å²) in [7, 11) is 0. The molecular formula is C19H20N2O3. The summed E-state index contributed by atoms with van der Waals surface area (Å²) in [4.78, 5) is 12.4. The zero-order valence-corrected chi connectivity index (χ0v) is 13.6. The number of aromatic nitrogens is 2. The van der Waals surface area contributed by atoms with Crippen molar-refractivity contribution in [2.24, 2.45) is 0 Å². The average Bonchev–Trinajstić information content (AvgIpc) is 2.63. The van der Waals surface area contributed by atoms with Gasteiger partial charge in [0, 0.05) is 5.39 Å². The van der Waals surface area contributed by atoms with Gasteiger partial charge in [-0.3, -0.25) is 4.79 Å². The van der Waals surface area contributed by atoms with Gasteiger partial charge >= 0.3 is 0 Å². The maximum Gasteiger partial charge on any atom is 0.274 e. The predicted molar refractivity (Wildman–Crippen MR) is 93.3 cm³/mol. The molecule has 24 heavy (non-hydrogen) atoms. The predicted octanol–water partition coefficient (Wildman–Crippen LogP) is 2.40. The van der Waals surface area contributed by atoms with Gasteiger partial charge in [0.25, 0.3) is 5.56 Å². The second-order valence-corrected chi connectivity index (χ2v) is 5.68. The van der Waals surface area contributed by atoms with E-state index in [1.807, 2.05) is 42.5 Å². The molecule has 5 heteroatoms. The van der Waals surface area contributed by atoms with E-state index in [4.69, 9.17) is 4.74 Å². The Labute approximate surface area is 140 Å². The van der Waals surface area contributed by atoms with Gasteiger partial charge in [-0.05, 0) is 30.2 Å². The third kappa shape index (κ3) is 3.63. The zero-order chi connectivity index (χ0) is 16.9. The van der Waals surface area contributed by atoms with Crippen molar-refractivity contribution < 1.29 is 9.84 Å². The van der Waals surface area contributed by atoms with E-state index in [1.54, 1.807) is 12.3 Å². The minimum absolute atomic E-state index is 0.0940. The molecule has 0 saturated heterocycles. The third-order valence-electron chi connectivity index (χ3n) is 3.92. The van der Waals surface area contributed by atoms with Crippen molar-refractivity contribution in [2.75, 3.05) is 6.61 Å². The molecule has 0 amide bonds. The standard InChI is InChI=1S/C19H20N2O3/c1-2-14-7-9-17(10-8-14)24-13-16(22)12-21-19(23)18-6-4-3-5-15(18)11-20-21/h3-11,16,22H,2,12-13H2,1H3. The molecule has 3 rings (SSSR count). The van der Waals surface area contributed by atoms with Gasteiger partial charge in [-0.25, -0.2) is 4.68 Å². The molecule has 0 bridgehead atoms. The largest absolute Gasteiger partial charge is 0.491 e. The molecule has 0 spiro atoms. The lowest BCUT2D eigenvalue weighted by atomic mass is 10.2. The number of rotatable bonds is 6. The van der Waals surface area contributed by atoms with E-state index < -0.39 is 6.10 Å². The van der Waals surface area contributed by atoms with Crippen LogP contribution in [0.3, 0.4) is 0 Å². The molecule has 2 aromatic carbocycles. The smallest absolute Gasteiger partial charge is 0.274 e. The van der Waals surface area contributed by atoms with Gasteiger partial charge in [0.05, 0.1) is 18.1 Å². The first kappa shape index (κ1) is 16.2. The van der Waals surface area contributed by atoms with Crippen LogP contribution in [0.2, 0.25) is 0 Å². The SMILES string of the molecule is CCc1ccc(OCC(O)Cn2ncc3ccccc3c2=O)cc1. The highest BCUT2D eigenvalue weighted by atomic mass is 16.5. The number of nitrogens with zero attached hydrogens (tertiary/aromatic N) is 2. The molecule has 3 aromatic rings. The number of aryl methyl sites for hydroxylation is 1. The molecule has 1 aromatic heterocycles. The van der Waals surface area contributed by atoms with Gasteiger partial charge in [-0.1, -0.05) is 37.3 Å². The summed E-state index contributed by atoms with van der Waals surface area (Å²) in [5.74, 6) is 0.699. The quantitative estimate of drug-likeness (QED) is 0.756. The van der Waals surface area contributed by atoms with Crippen molar-refractivity contribution in [1.29, 1.82) is 0 Å². The van der Waals surface area contributed by atoms with Crippen LogP contribution in [0, 0.1) is 0 Å². The highest BCUT2D eigenvalue weighted by Crippen LogP contribution is 2.13. The fraction of sp³-hybridized carbons (Fsp3) is 0.263. The Bertz CT molecular complexity index is 872. The molecule has 0 aliphatic carbocycles. The summed E-state index contributed by atoms with van der Waals surface area (Å²) in [6.45, 7) is 2.29. The molecule has 0 radical (unpaired) electrons. The Morgan fingerprint density at radius 3 is 2.67 bits per heavy atom. The monoisotopic (exact) mass is 324 g/mol. The molecular weight excluding hydrogens is 304 g/mol. The van der Waals surface area contributed by atoms with Crippen LogP contribution in [0.15, 0.2) is 59.5 Å². The number of benzene rings is 2. The first-order chi connectivity index (χ1) is 11.7. The molecule has 1 heterocycles. The molecule has 1 N–H and O–H groups in total. The maximum absolute atomic E-state index is 12.4. The van der Waals surface area contributed by atoms with Crippen LogP contribution in [0.1, 0.15) is 12.5 Å². The van der Waals surface area contributed by atoms with Gasteiger partial charge in [0.15, 0.2) is 0 Å². The van der Waals surface area contributed by atoms with Gasteiger partial charge < -0.3 is 9.84 Å². The molecule has 0 saturated carbocycles. The van der Waals surface area contributed by atoms with E-state index >= 15 is 0 Å². The third-order valence-corrected chi connectivity index (χ3v) is 3.92. The highest BCUT2D eigenvalue weighted by Gasteiger charge is 2.10. The second kappa shape index (κ2) is 7.27. The molecule has 1 atom stereocenters. The van der Waals surface area contributed by atoms with Crippen LogP contribution in [0.25, 0.3) is 10.8 Å². The number of aliphatic hydroxyl groups is 1. The van der Waals surface area contributed by atoms with Crippen LogP contribution in [-0.2, 0) is 13.0 Å². The molecule has 1 unspecified atom stereocenters. The van der Waals surface area contributed by atoms with Crippen molar-refractivity contribution in [3.05, 3.63) is 70.6 Å². The van der Waals surface area contributed by atoms with Crippen molar-refractivity contribution >= 4 is 10.8 Å². The van der Waals surface area contributed by atoms with Gasteiger partial charge in [0.1, 0.15) is 18.5 Å². The van der Waals surface area contributed by atoms with E-state index in [-0.39, 0.29) is 18.7 Å². The Morgan fingerprint density at radius 2 is 1.92 bits per heavy atom. The first-order valence-electron chi connectivity index (χ1n) is 8.02. The summed E-state index contributed by atoms with van der Waals surface area (Å²) in [6.07, 6.45) is 1.79. The fourth-order valence-electron chi connectivity index (χ4n) is 2.52. The number of hydrogen-bond acceptors (Lipinski definition) is 4. The number of ether oxygens (including phenoxy) is 1. The Morgan fingerprint density at radius 1 is 1.17 bits per heavy atom. The van der Waals surface area contributed by atoms with Crippen molar-refractivity contribution in [3.63, 3.8) is 0 Å². The van der Waals surface area contributed by atoms with Crippen LogP contribution in [-0.4, -0.2) is 27.6 Å². The lowest BCUT2D eigenvalue weighted by Gasteiger charge is -2.13. The second-order valence-electron chi connectivity index (χ2n) is 5.68. The van der Waals surface area contributed by atoms with E-state index in [9.17, 15) is 9.90 Å². The highest BCUT2D eigenvalue weighted by molar-refractivity contribution is 5.80. The maximum atomic E-state index is 12.4. The average molecular weight is 324 g/mol. The first-order valence-corrected chi connectivity index (χ1v) is 8.02. The Kier molecular flexibility index (Phi) is 4.91. The molecule has 0 aliphatic heterocycles. The van der Waals surface area contributed by atoms with Crippen molar-refractivity contribution in [2.45, 2.75) is 26.0 Å². The molecule has 0 aliphatic rings. The van der Waals surface area contributed by atoms with E-state index in [2.05, 4.69) is 12.0 Å². The number of hydrogen-bond donors (Lipinski definition) is 1. The molecule has 0 fully saturated rings. The van der Waals surface area contributed by atoms with E-state index in [0.717, 1.165) is 11.8 Å². The normalized spacial score (nSPS) is 12.2. The summed E-state index contributed by atoms with van der Waals surface area (Å²) < 4.78 is 6.85. The summed E-state index contributed by atoms with van der Waals surface area (Å²) >= 11 is 0. The topological polar surface area (TPSA) is 64.3 Å². The lowest BCUT2D eigenvalue weighted by Crippen LogP contribution is -2.31. The van der Waals surface area contributed by atoms with Crippen LogP contribution in [0.4, 0.5) is 0 Å². The van der Waals surface area contributed by atoms with Gasteiger partial charge in [-0.2, -0.15) is 5.10 Å². The number of fused-ring (bicyclic) bond motifs is 1. The summed E-state index contributed by atoms with van der Waals surface area (Å²) in [5.41, 5.74) is 1.02. The van der Waals surface area contributed by atoms with Gasteiger partial charge in [-0.15, -0.1) is 0 Å². The Balaban J connectivity index is 1.65. The Hall–Kier alpha value is -2.66. The zero-order valence-electron chi connectivity index (χ0n) is 13.6. The summed E-state index contributed by atoms with van der Waals surface area (Å²) in [5, 5.41) is 15.6. The minimum Gasteiger partial charge on any atom is -0.491 e. The van der Waals surface area contributed by atoms with Crippen LogP contribution < -0.4 is 10.3 Å². The summed E-state index contributed by atoms with van der Waals surface area (Å²) in [6, 6.07) is 15.0. The van der Waals surface area contributed by atoms with Crippen molar-refractivity contribution in [3.8, 4) is 5.75 Å². The van der Waals surface area contributed by atoms with Crippen LogP contribution in [0.5, 0.6) is 5.75 Å². The van der Waals surface area contributed by atoms with E-state index in [1.165, 1.54) is 10.2 Å². The van der Waals surface area contributed by atoms with Crippen LogP contribution >= 0.6 is 0 Å². The van der Waals surface area contributed by atoms with Crippen molar-refractivity contribution in [1.82, 2.24) is 9.78 Å². The molecule has 5 nitrogen and oxygen atoms in total. The number of aliphatic hydroxyl groups excluding tert-OH is 1. The van der Waals surface area contributed by atoms with Gasteiger partial charge in [0.2, 0.25) is 0 Å². The fourth-order valence-corrected chi connectivity index (χ4v) is 2.52. The lowest BCUT2D eigenvalue weighted by molar-refractivity contribution is 0.0881. The van der Waals surface area contributed by atoms with E-state index in [0.29, 0.717) is 11.1 Å².